The Morgan fingerprint density at radius 3 is 1.50 bits per heavy atom. The molecule has 0 aromatic heterocycles. The molecule has 16 heavy (non-hydrogen) atoms. The molecule has 88 valence electrons. The molecule has 0 spiro atoms. The maximum absolute atomic E-state index is 12.9. The van der Waals surface area contributed by atoms with Crippen molar-refractivity contribution in [3.63, 3.8) is 0 Å². The Labute approximate surface area is 84.7 Å². The molecule has 1 aromatic rings. The van der Waals surface area contributed by atoms with E-state index in [-0.39, 0.29) is 0 Å². The van der Waals surface area contributed by atoms with Crippen LogP contribution in [0, 0.1) is 29.1 Å². The van der Waals surface area contributed by atoms with E-state index < -0.39 is 46.7 Å². The molecule has 0 radical (unpaired) electrons. The summed E-state index contributed by atoms with van der Waals surface area (Å²) >= 11 is 0. The molecule has 0 bridgehead atoms. The summed E-state index contributed by atoms with van der Waals surface area (Å²) in [4.78, 5) is 10.2. The number of carboxylic acid groups (broad SMARTS) is 1. The van der Waals surface area contributed by atoms with Crippen LogP contribution in [0.3, 0.4) is 0 Å². The summed E-state index contributed by atoms with van der Waals surface area (Å²) < 4.78 is 63.4. The summed E-state index contributed by atoms with van der Waals surface area (Å²) in [5, 5.41) is 17.0. The van der Waals surface area contributed by atoms with E-state index in [0.717, 1.165) is 0 Å². The zero-order valence-corrected chi connectivity index (χ0v) is 7.27. The summed E-state index contributed by atoms with van der Waals surface area (Å²) in [6.45, 7) is 0. The van der Waals surface area contributed by atoms with Crippen LogP contribution in [0.1, 0.15) is 11.7 Å². The van der Waals surface area contributed by atoms with Crippen LogP contribution in [0.2, 0.25) is 0 Å². The monoisotopic (exact) mass is 242 g/mol. The zero-order chi connectivity index (χ0) is 12.6. The first kappa shape index (κ1) is 12.4. The average molecular weight is 242 g/mol. The number of aliphatic hydroxyl groups excluding tert-OH is 1. The lowest BCUT2D eigenvalue weighted by Crippen LogP contribution is -2.17. The van der Waals surface area contributed by atoms with Crippen LogP contribution in [0.25, 0.3) is 0 Å². The number of carbonyl (C=O) groups is 1. The number of hydrogen-bond donors (Lipinski definition) is 2. The van der Waals surface area contributed by atoms with Crippen LogP contribution in [0.5, 0.6) is 0 Å². The summed E-state index contributed by atoms with van der Waals surface area (Å²) in [6.07, 6.45) is -2.83. The minimum absolute atomic E-state index is 1.79. The zero-order valence-electron chi connectivity index (χ0n) is 7.27. The second kappa shape index (κ2) is 4.05. The van der Waals surface area contributed by atoms with E-state index in [1.807, 2.05) is 0 Å². The Bertz CT molecular complexity index is 430. The number of aliphatic carboxylic acids is 1. The third kappa shape index (κ3) is 1.71. The molecule has 0 aliphatic carbocycles. The summed E-state index contributed by atoms with van der Waals surface area (Å²) in [5.41, 5.74) is -1.79. The lowest BCUT2D eigenvalue weighted by Gasteiger charge is -2.10. The highest BCUT2D eigenvalue weighted by Gasteiger charge is 2.32. The Balaban J connectivity index is 3.57. The van der Waals surface area contributed by atoms with Gasteiger partial charge in [0.2, 0.25) is 5.82 Å². The number of carboxylic acids is 1. The molecule has 2 N–H and O–H groups in total. The molecule has 1 rings (SSSR count). The van der Waals surface area contributed by atoms with E-state index >= 15 is 0 Å². The first-order valence-corrected chi connectivity index (χ1v) is 3.71. The molecule has 1 atom stereocenters. The summed E-state index contributed by atoms with van der Waals surface area (Å²) in [6, 6.07) is 0. The molecule has 1 unspecified atom stereocenters. The predicted octanol–water partition coefficient (Wildman–Crippen LogP) is 1.50. The van der Waals surface area contributed by atoms with Gasteiger partial charge in [-0.15, -0.1) is 0 Å². The highest BCUT2D eigenvalue weighted by atomic mass is 19.2. The van der Waals surface area contributed by atoms with Crippen LogP contribution < -0.4 is 0 Å². The minimum Gasteiger partial charge on any atom is -0.479 e. The van der Waals surface area contributed by atoms with Crippen LogP contribution in [-0.4, -0.2) is 16.2 Å². The average Bonchev–Trinajstić information content (AvgIpc) is 2.23. The van der Waals surface area contributed by atoms with Crippen molar-refractivity contribution in [2.24, 2.45) is 0 Å². The minimum atomic E-state index is -2.83. The van der Waals surface area contributed by atoms with E-state index in [0.29, 0.717) is 0 Å². The molecule has 0 heterocycles. The quantitative estimate of drug-likeness (QED) is 0.469. The molecule has 0 saturated carbocycles. The highest BCUT2D eigenvalue weighted by Crippen LogP contribution is 2.27. The van der Waals surface area contributed by atoms with Crippen LogP contribution in [0.15, 0.2) is 0 Å². The lowest BCUT2D eigenvalue weighted by atomic mass is 10.1. The summed E-state index contributed by atoms with van der Waals surface area (Å²) in [7, 11) is 0. The maximum Gasteiger partial charge on any atom is 0.337 e. The van der Waals surface area contributed by atoms with Gasteiger partial charge >= 0.3 is 5.97 Å². The Morgan fingerprint density at radius 1 is 0.875 bits per heavy atom. The van der Waals surface area contributed by atoms with E-state index in [4.69, 9.17) is 10.2 Å². The standard InChI is InChI=1S/C8H3F5O3/c9-2-1(7(14)8(15)16)3(10)5(12)6(13)4(2)11/h7,14H,(H,15,16). The normalized spacial score (nSPS) is 12.6. The second-order valence-corrected chi connectivity index (χ2v) is 2.72. The fraction of sp³-hybridized carbons (Fsp3) is 0.125. The van der Waals surface area contributed by atoms with Gasteiger partial charge in [-0.3, -0.25) is 0 Å². The maximum atomic E-state index is 12.9. The van der Waals surface area contributed by atoms with Crippen molar-refractivity contribution in [1.29, 1.82) is 0 Å². The molecule has 8 heteroatoms. The predicted molar refractivity (Wildman–Crippen MR) is 38.8 cm³/mol. The van der Waals surface area contributed by atoms with Gasteiger partial charge in [-0.25, -0.2) is 26.7 Å². The van der Waals surface area contributed by atoms with Crippen molar-refractivity contribution in [2.75, 3.05) is 0 Å². The number of hydrogen-bond acceptors (Lipinski definition) is 2. The van der Waals surface area contributed by atoms with Crippen LogP contribution >= 0.6 is 0 Å². The fourth-order valence-corrected chi connectivity index (χ4v) is 0.985. The van der Waals surface area contributed by atoms with Crippen molar-refractivity contribution in [1.82, 2.24) is 0 Å². The van der Waals surface area contributed by atoms with E-state index in [1.165, 1.54) is 0 Å². The van der Waals surface area contributed by atoms with Crippen molar-refractivity contribution in [3.8, 4) is 0 Å². The SMILES string of the molecule is O=C(O)C(O)c1c(F)c(F)c(F)c(F)c1F. The smallest absolute Gasteiger partial charge is 0.337 e. The number of aliphatic hydroxyl groups is 1. The van der Waals surface area contributed by atoms with Crippen LogP contribution in [0.4, 0.5) is 22.0 Å². The lowest BCUT2D eigenvalue weighted by molar-refractivity contribution is -0.147. The Kier molecular flexibility index (Phi) is 3.13. The van der Waals surface area contributed by atoms with E-state index in [9.17, 15) is 26.7 Å². The third-order valence-corrected chi connectivity index (χ3v) is 1.75. The van der Waals surface area contributed by atoms with Gasteiger partial charge in [0.05, 0.1) is 5.56 Å². The van der Waals surface area contributed by atoms with E-state index in [2.05, 4.69) is 0 Å². The van der Waals surface area contributed by atoms with Crippen molar-refractivity contribution >= 4 is 5.97 Å². The molecular weight excluding hydrogens is 239 g/mol. The van der Waals surface area contributed by atoms with Gasteiger partial charge in [0.1, 0.15) is 0 Å². The molecule has 0 saturated heterocycles. The van der Waals surface area contributed by atoms with Crippen molar-refractivity contribution in [2.45, 2.75) is 6.10 Å². The molecule has 0 fully saturated rings. The van der Waals surface area contributed by atoms with Gasteiger partial charge in [-0.1, -0.05) is 0 Å². The molecule has 0 aliphatic heterocycles. The molecule has 3 nitrogen and oxygen atoms in total. The van der Waals surface area contributed by atoms with Crippen LogP contribution in [-0.2, 0) is 4.79 Å². The fourth-order valence-electron chi connectivity index (χ4n) is 0.985. The van der Waals surface area contributed by atoms with Gasteiger partial charge in [0.15, 0.2) is 29.4 Å². The molecule has 0 aliphatic rings. The Morgan fingerprint density at radius 2 is 1.19 bits per heavy atom. The van der Waals surface area contributed by atoms with Crippen molar-refractivity contribution in [3.05, 3.63) is 34.6 Å². The third-order valence-electron chi connectivity index (χ3n) is 1.75. The number of benzene rings is 1. The number of halogens is 5. The molecule has 1 aromatic carbocycles. The van der Waals surface area contributed by atoms with E-state index in [1.54, 1.807) is 0 Å². The molecular formula is C8H3F5O3. The van der Waals surface area contributed by atoms with Gasteiger partial charge < -0.3 is 10.2 Å². The number of rotatable bonds is 2. The first-order chi connectivity index (χ1) is 7.29. The molecule has 0 amide bonds. The van der Waals surface area contributed by atoms with Gasteiger partial charge in [0, 0.05) is 0 Å². The van der Waals surface area contributed by atoms with Gasteiger partial charge in [-0.05, 0) is 0 Å². The van der Waals surface area contributed by atoms with Crippen molar-refractivity contribution < 1.29 is 37.0 Å². The summed E-state index contributed by atoms with van der Waals surface area (Å²) in [5.74, 6) is -13.9. The van der Waals surface area contributed by atoms with Gasteiger partial charge in [-0.2, -0.15) is 0 Å². The highest BCUT2D eigenvalue weighted by molar-refractivity contribution is 5.74. The second-order valence-electron chi connectivity index (χ2n) is 2.72. The topological polar surface area (TPSA) is 57.5 Å². The first-order valence-electron chi connectivity index (χ1n) is 3.71. The Hall–Kier alpha value is -1.70. The largest absolute Gasteiger partial charge is 0.479 e. The van der Waals surface area contributed by atoms with Gasteiger partial charge in [0.25, 0.3) is 0 Å².